The van der Waals surface area contributed by atoms with Gasteiger partial charge in [0.15, 0.2) is 4.67 Å². The Labute approximate surface area is 105 Å². The minimum atomic E-state index is 0.140. The molecule has 0 radical (unpaired) electrons. The summed E-state index contributed by atoms with van der Waals surface area (Å²) in [6, 6.07) is 4.62. The number of rotatable bonds is 4. The van der Waals surface area contributed by atoms with E-state index in [1.54, 1.807) is 0 Å². The second-order valence-corrected chi connectivity index (χ2v) is 5.49. The number of nitrogens with one attached hydrogen (secondary N) is 1. The third kappa shape index (κ3) is 2.87. The Hall–Kier alpha value is -0.320. The molecule has 90 valence electrons. The summed E-state index contributed by atoms with van der Waals surface area (Å²) in [5.74, 6) is 1.76. The highest BCUT2D eigenvalue weighted by atomic mass is 79.9. The molecule has 1 saturated carbocycles. The van der Waals surface area contributed by atoms with Gasteiger partial charge in [-0.15, -0.1) is 0 Å². The number of furan rings is 1. The zero-order valence-electron chi connectivity index (χ0n) is 9.58. The van der Waals surface area contributed by atoms with Crippen molar-refractivity contribution >= 4 is 15.9 Å². The molecule has 3 atom stereocenters. The maximum absolute atomic E-state index is 5.79. The Morgan fingerprint density at radius 1 is 1.56 bits per heavy atom. The molecule has 1 heterocycles. The number of halogens is 1. The van der Waals surface area contributed by atoms with Gasteiger partial charge in [0.05, 0.1) is 6.04 Å². The van der Waals surface area contributed by atoms with Crippen LogP contribution in [0.25, 0.3) is 0 Å². The molecule has 0 bridgehead atoms. The van der Waals surface area contributed by atoms with Crippen LogP contribution in [0.3, 0.4) is 0 Å². The quantitative estimate of drug-likeness (QED) is 0.895. The first-order valence-corrected chi connectivity index (χ1v) is 6.69. The minimum absolute atomic E-state index is 0.140. The molecule has 0 amide bonds. The lowest BCUT2D eigenvalue weighted by atomic mass is 10.1. The van der Waals surface area contributed by atoms with Crippen LogP contribution < -0.4 is 11.1 Å². The molecule has 1 aliphatic carbocycles. The molecule has 1 aliphatic rings. The maximum Gasteiger partial charge on any atom is 0.169 e. The molecule has 2 rings (SSSR count). The molecule has 4 heteroatoms. The average molecular weight is 287 g/mol. The lowest BCUT2D eigenvalue weighted by Gasteiger charge is -2.19. The Morgan fingerprint density at radius 3 is 2.88 bits per heavy atom. The fourth-order valence-electron chi connectivity index (χ4n) is 2.42. The smallest absolute Gasteiger partial charge is 0.169 e. The lowest BCUT2D eigenvalue weighted by Crippen LogP contribution is -2.35. The lowest BCUT2D eigenvalue weighted by molar-refractivity contribution is 0.366. The van der Waals surface area contributed by atoms with Crippen molar-refractivity contribution in [3.05, 3.63) is 22.6 Å². The number of hydrogen-bond donors (Lipinski definition) is 2. The second kappa shape index (κ2) is 5.34. The van der Waals surface area contributed by atoms with Gasteiger partial charge < -0.3 is 15.5 Å². The fourth-order valence-corrected chi connectivity index (χ4v) is 2.74. The topological polar surface area (TPSA) is 51.2 Å². The molecular weight excluding hydrogens is 268 g/mol. The number of nitrogens with two attached hydrogens (primary N) is 1. The van der Waals surface area contributed by atoms with E-state index in [0.29, 0.717) is 12.6 Å². The first kappa shape index (κ1) is 12.1. The molecule has 1 aromatic rings. The van der Waals surface area contributed by atoms with E-state index < -0.39 is 0 Å². The largest absolute Gasteiger partial charge is 0.453 e. The van der Waals surface area contributed by atoms with Crippen LogP contribution in [0, 0.1) is 5.92 Å². The summed E-state index contributed by atoms with van der Waals surface area (Å²) in [5.41, 5.74) is 5.79. The summed E-state index contributed by atoms with van der Waals surface area (Å²) >= 11 is 3.32. The SMILES string of the molecule is CC1CCC(NC(CN)c2ccc(Br)o2)C1. The highest BCUT2D eigenvalue weighted by Gasteiger charge is 2.24. The van der Waals surface area contributed by atoms with Crippen molar-refractivity contribution in [3.63, 3.8) is 0 Å². The van der Waals surface area contributed by atoms with Gasteiger partial charge in [-0.25, -0.2) is 0 Å². The van der Waals surface area contributed by atoms with Crippen molar-refractivity contribution in [2.45, 2.75) is 38.3 Å². The Morgan fingerprint density at radius 2 is 2.38 bits per heavy atom. The van der Waals surface area contributed by atoms with Gasteiger partial charge in [-0.1, -0.05) is 6.92 Å². The van der Waals surface area contributed by atoms with E-state index in [1.165, 1.54) is 19.3 Å². The van der Waals surface area contributed by atoms with Crippen LogP contribution in [0.4, 0.5) is 0 Å². The van der Waals surface area contributed by atoms with Crippen LogP contribution in [-0.2, 0) is 0 Å². The normalized spacial score (nSPS) is 27.2. The summed E-state index contributed by atoms with van der Waals surface area (Å²) in [7, 11) is 0. The highest BCUT2D eigenvalue weighted by molar-refractivity contribution is 9.10. The third-order valence-electron chi connectivity index (χ3n) is 3.30. The van der Waals surface area contributed by atoms with Gasteiger partial charge in [-0.3, -0.25) is 0 Å². The van der Waals surface area contributed by atoms with E-state index in [4.69, 9.17) is 10.2 Å². The zero-order chi connectivity index (χ0) is 11.5. The average Bonchev–Trinajstić information content (AvgIpc) is 2.84. The Balaban J connectivity index is 1.95. The predicted molar refractivity (Wildman–Crippen MR) is 68.1 cm³/mol. The van der Waals surface area contributed by atoms with Crippen molar-refractivity contribution in [2.24, 2.45) is 11.7 Å². The van der Waals surface area contributed by atoms with E-state index in [-0.39, 0.29) is 6.04 Å². The van der Waals surface area contributed by atoms with Crippen LogP contribution in [-0.4, -0.2) is 12.6 Å². The molecule has 16 heavy (non-hydrogen) atoms. The summed E-state index contributed by atoms with van der Waals surface area (Å²) in [4.78, 5) is 0. The maximum atomic E-state index is 5.79. The second-order valence-electron chi connectivity index (χ2n) is 4.71. The van der Waals surface area contributed by atoms with Crippen molar-refractivity contribution in [1.82, 2.24) is 5.32 Å². The molecule has 1 aromatic heterocycles. The van der Waals surface area contributed by atoms with Gasteiger partial charge in [0, 0.05) is 12.6 Å². The van der Waals surface area contributed by atoms with Gasteiger partial charge in [0.25, 0.3) is 0 Å². The summed E-state index contributed by atoms with van der Waals surface area (Å²) in [6.45, 7) is 2.88. The molecule has 1 fully saturated rings. The first-order valence-electron chi connectivity index (χ1n) is 5.90. The molecule has 0 saturated heterocycles. The third-order valence-corrected chi connectivity index (χ3v) is 3.73. The van der Waals surface area contributed by atoms with Crippen molar-refractivity contribution < 1.29 is 4.42 Å². The van der Waals surface area contributed by atoms with E-state index in [2.05, 4.69) is 28.2 Å². The zero-order valence-corrected chi connectivity index (χ0v) is 11.2. The Kier molecular flexibility index (Phi) is 4.05. The van der Waals surface area contributed by atoms with Crippen molar-refractivity contribution in [2.75, 3.05) is 6.54 Å². The Bertz CT molecular complexity index is 340. The molecule has 3 nitrogen and oxygen atoms in total. The van der Waals surface area contributed by atoms with Gasteiger partial charge in [-0.05, 0) is 53.2 Å². The van der Waals surface area contributed by atoms with E-state index in [9.17, 15) is 0 Å². The van der Waals surface area contributed by atoms with E-state index >= 15 is 0 Å². The molecule has 3 unspecified atom stereocenters. The monoisotopic (exact) mass is 286 g/mol. The van der Waals surface area contributed by atoms with Crippen LogP contribution in [0.5, 0.6) is 0 Å². The van der Waals surface area contributed by atoms with Crippen molar-refractivity contribution in [1.29, 1.82) is 0 Å². The fraction of sp³-hybridized carbons (Fsp3) is 0.667. The number of hydrogen-bond acceptors (Lipinski definition) is 3. The highest BCUT2D eigenvalue weighted by Crippen LogP contribution is 2.27. The molecule has 0 aromatic carbocycles. The van der Waals surface area contributed by atoms with Gasteiger partial charge >= 0.3 is 0 Å². The van der Waals surface area contributed by atoms with Crippen molar-refractivity contribution in [3.8, 4) is 0 Å². The summed E-state index contributed by atoms with van der Waals surface area (Å²) in [5, 5.41) is 3.59. The van der Waals surface area contributed by atoms with Gasteiger partial charge in [-0.2, -0.15) is 0 Å². The molecule has 3 N–H and O–H groups in total. The summed E-state index contributed by atoms with van der Waals surface area (Å²) < 4.78 is 6.31. The van der Waals surface area contributed by atoms with E-state index in [0.717, 1.165) is 16.3 Å². The van der Waals surface area contributed by atoms with Gasteiger partial charge in [0.2, 0.25) is 0 Å². The van der Waals surface area contributed by atoms with Gasteiger partial charge in [0.1, 0.15) is 5.76 Å². The molecule has 0 aliphatic heterocycles. The van der Waals surface area contributed by atoms with Crippen LogP contribution in [0.15, 0.2) is 21.2 Å². The molecular formula is C12H19BrN2O. The van der Waals surface area contributed by atoms with Crippen LogP contribution in [0.1, 0.15) is 38.0 Å². The van der Waals surface area contributed by atoms with E-state index in [1.807, 2.05) is 12.1 Å². The minimum Gasteiger partial charge on any atom is -0.453 e. The van der Waals surface area contributed by atoms with Crippen LogP contribution >= 0.6 is 15.9 Å². The first-order chi connectivity index (χ1) is 7.69. The summed E-state index contributed by atoms with van der Waals surface area (Å²) in [6.07, 6.45) is 3.81. The standard InChI is InChI=1S/C12H19BrN2O/c1-8-2-3-9(6-8)15-10(7-14)11-4-5-12(13)16-11/h4-5,8-10,15H,2-3,6-7,14H2,1H3. The predicted octanol–water partition coefficient (Wildman–Crippen LogP) is 2.82. The van der Waals surface area contributed by atoms with Crippen LogP contribution in [0.2, 0.25) is 0 Å². The molecule has 0 spiro atoms.